The van der Waals surface area contributed by atoms with Crippen LogP contribution in [-0.2, 0) is 26.1 Å². The predicted octanol–water partition coefficient (Wildman–Crippen LogP) is 2.79. The first-order valence-electron chi connectivity index (χ1n) is 8.41. The van der Waals surface area contributed by atoms with Crippen molar-refractivity contribution in [2.45, 2.75) is 24.4 Å². The molecule has 0 aromatic heterocycles. The van der Waals surface area contributed by atoms with Crippen LogP contribution in [0, 0.1) is 0 Å². The monoisotopic (exact) mass is 454 g/mol. The van der Waals surface area contributed by atoms with E-state index >= 15 is 0 Å². The van der Waals surface area contributed by atoms with Gasteiger partial charge >= 0.3 is 0 Å². The molecule has 0 radical (unpaired) electrons. The Morgan fingerprint density at radius 1 is 1.15 bits per heavy atom. The van der Waals surface area contributed by atoms with Gasteiger partial charge in [-0.15, -0.1) is 0 Å². The molecule has 8 heteroatoms. The number of sulfonamides is 1. The van der Waals surface area contributed by atoms with Crippen LogP contribution < -0.4 is 5.32 Å². The van der Waals surface area contributed by atoms with Crippen molar-refractivity contribution in [3.05, 3.63) is 64.6 Å². The van der Waals surface area contributed by atoms with E-state index < -0.39 is 10.0 Å². The number of carbonyl (C=O) groups is 1. The quantitative estimate of drug-likeness (QED) is 0.631. The minimum absolute atomic E-state index is 0.0938. The Hall–Kier alpha value is -1.74. The summed E-state index contributed by atoms with van der Waals surface area (Å²) < 4.78 is 33.2. The van der Waals surface area contributed by atoms with E-state index in [0.29, 0.717) is 6.61 Å². The third-order valence-electron chi connectivity index (χ3n) is 3.80. The van der Waals surface area contributed by atoms with Crippen molar-refractivity contribution >= 4 is 31.9 Å². The molecule has 1 amide bonds. The fourth-order valence-electron chi connectivity index (χ4n) is 2.53. The van der Waals surface area contributed by atoms with Crippen molar-refractivity contribution in [3.63, 3.8) is 0 Å². The second-order valence-electron chi connectivity index (χ2n) is 6.14. The van der Waals surface area contributed by atoms with Crippen LogP contribution in [-0.4, -0.2) is 44.9 Å². The van der Waals surface area contributed by atoms with Crippen molar-refractivity contribution < 1.29 is 17.9 Å². The zero-order valence-electron chi connectivity index (χ0n) is 15.3. The molecule has 2 aromatic carbocycles. The van der Waals surface area contributed by atoms with Crippen LogP contribution in [0.4, 0.5) is 0 Å². The van der Waals surface area contributed by atoms with Gasteiger partial charge in [-0.2, -0.15) is 4.31 Å². The van der Waals surface area contributed by atoms with E-state index in [1.54, 1.807) is 32.2 Å². The van der Waals surface area contributed by atoms with E-state index in [1.165, 1.54) is 16.4 Å². The van der Waals surface area contributed by atoms with Crippen LogP contribution >= 0.6 is 15.9 Å². The highest BCUT2D eigenvalue weighted by atomic mass is 79.9. The molecular formula is C19H23BrN2O4S. The van der Waals surface area contributed by atoms with E-state index in [9.17, 15) is 13.2 Å². The molecule has 0 saturated heterocycles. The molecule has 0 spiro atoms. The zero-order chi connectivity index (χ0) is 19.9. The molecule has 6 nitrogen and oxygen atoms in total. The van der Waals surface area contributed by atoms with Crippen molar-refractivity contribution in [2.75, 3.05) is 20.3 Å². The summed E-state index contributed by atoms with van der Waals surface area (Å²) in [5, 5.41) is 2.75. The third kappa shape index (κ3) is 6.42. The molecule has 0 aliphatic rings. The van der Waals surface area contributed by atoms with Crippen LogP contribution in [0.25, 0.3) is 0 Å². The number of carbonyl (C=O) groups excluding carboxylic acids is 1. The second kappa shape index (κ2) is 9.98. The van der Waals surface area contributed by atoms with Gasteiger partial charge in [-0.25, -0.2) is 8.42 Å². The minimum atomic E-state index is -3.82. The highest BCUT2D eigenvalue weighted by Gasteiger charge is 2.27. The lowest BCUT2D eigenvalue weighted by Gasteiger charge is -2.23. The highest BCUT2D eigenvalue weighted by Crippen LogP contribution is 2.19. The smallest absolute Gasteiger partial charge is 0.243 e. The molecule has 0 aliphatic carbocycles. The zero-order valence-corrected chi connectivity index (χ0v) is 17.7. The van der Waals surface area contributed by atoms with Gasteiger partial charge in [0.2, 0.25) is 15.9 Å². The third-order valence-corrected chi connectivity index (χ3v) is 6.13. The first kappa shape index (κ1) is 21.6. The summed E-state index contributed by atoms with van der Waals surface area (Å²) in [7, 11) is -2.28. The number of nitrogens with zero attached hydrogens (tertiary/aromatic N) is 1. The van der Waals surface area contributed by atoms with Crippen molar-refractivity contribution in [1.82, 2.24) is 9.62 Å². The SMILES string of the molecule is COC[C@@H](C)NC(=O)CN(Cc1ccc(Br)cc1)S(=O)(=O)c1ccccc1. The van der Waals surface area contributed by atoms with Crippen molar-refractivity contribution in [2.24, 2.45) is 0 Å². The normalized spacial score (nSPS) is 12.7. The summed E-state index contributed by atoms with van der Waals surface area (Å²) in [6.07, 6.45) is 0. The lowest BCUT2D eigenvalue weighted by atomic mass is 10.2. The molecule has 0 saturated carbocycles. The summed E-state index contributed by atoms with van der Waals surface area (Å²) >= 11 is 3.36. The Labute approximate surface area is 168 Å². The number of nitrogens with one attached hydrogen (secondary N) is 1. The average molecular weight is 455 g/mol. The average Bonchev–Trinajstić information content (AvgIpc) is 2.63. The molecular weight excluding hydrogens is 432 g/mol. The minimum Gasteiger partial charge on any atom is -0.383 e. The van der Waals surface area contributed by atoms with Crippen LogP contribution in [0.2, 0.25) is 0 Å². The second-order valence-corrected chi connectivity index (χ2v) is 8.99. The molecule has 0 unspecified atom stereocenters. The molecule has 0 aliphatic heterocycles. The highest BCUT2D eigenvalue weighted by molar-refractivity contribution is 9.10. The van der Waals surface area contributed by atoms with Gasteiger partial charge in [0.1, 0.15) is 0 Å². The molecule has 0 bridgehead atoms. The molecule has 2 aromatic rings. The number of benzene rings is 2. The molecule has 146 valence electrons. The molecule has 0 heterocycles. The van der Waals surface area contributed by atoms with Gasteiger partial charge in [-0.05, 0) is 36.8 Å². The van der Waals surface area contributed by atoms with E-state index in [0.717, 1.165) is 10.0 Å². The van der Waals surface area contributed by atoms with Gasteiger partial charge in [0.15, 0.2) is 0 Å². The molecule has 1 N–H and O–H groups in total. The van der Waals surface area contributed by atoms with E-state index in [4.69, 9.17) is 4.74 Å². The number of ether oxygens (including phenoxy) is 1. The van der Waals surface area contributed by atoms with Crippen molar-refractivity contribution in [1.29, 1.82) is 0 Å². The maximum Gasteiger partial charge on any atom is 0.243 e. The Balaban J connectivity index is 2.25. The van der Waals surface area contributed by atoms with Crippen LogP contribution in [0.15, 0.2) is 64.0 Å². The van der Waals surface area contributed by atoms with E-state index in [2.05, 4.69) is 21.2 Å². The lowest BCUT2D eigenvalue weighted by Crippen LogP contribution is -2.44. The Morgan fingerprint density at radius 3 is 2.37 bits per heavy atom. The number of hydrogen-bond acceptors (Lipinski definition) is 4. The van der Waals surface area contributed by atoms with Gasteiger partial charge in [-0.1, -0.05) is 46.3 Å². The first-order valence-corrected chi connectivity index (χ1v) is 10.6. The van der Waals surface area contributed by atoms with Gasteiger partial charge < -0.3 is 10.1 Å². The number of amides is 1. The maximum atomic E-state index is 13.1. The summed E-state index contributed by atoms with van der Waals surface area (Å²) in [5.74, 6) is -0.379. The maximum absolute atomic E-state index is 13.1. The van der Waals surface area contributed by atoms with Gasteiger partial charge in [0.05, 0.1) is 18.0 Å². The summed E-state index contributed by atoms with van der Waals surface area (Å²) in [4.78, 5) is 12.5. The van der Waals surface area contributed by atoms with Crippen molar-refractivity contribution in [3.8, 4) is 0 Å². The number of rotatable bonds is 9. The van der Waals surface area contributed by atoms with Gasteiger partial charge in [-0.3, -0.25) is 4.79 Å². The molecule has 1 atom stereocenters. The summed E-state index contributed by atoms with van der Waals surface area (Å²) in [6.45, 7) is 1.97. The van der Waals surface area contributed by atoms with E-state index in [1.807, 2.05) is 24.3 Å². The van der Waals surface area contributed by atoms with Gasteiger partial charge in [0.25, 0.3) is 0 Å². The van der Waals surface area contributed by atoms with Crippen LogP contribution in [0.3, 0.4) is 0 Å². The van der Waals surface area contributed by atoms with Gasteiger partial charge in [0, 0.05) is 24.2 Å². The Morgan fingerprint density at radius 2 is 1.78 bits per heavy atom. The largest absolute Gasteiger partial charge is 0.383 e. The van der Waals surface area contributed by atoms with Crippen LogP contribution in [0.5, 0.6) is 0 Å². The Bertz CT molecular complexity index is 842. The summed E-state index contributed by atoms with van der Waals surface area (Å²) in [5.41, 5.74) is 0.787. The van der Waals surface area contributed by atoms with E-state index in [-0.39, 0.29) is 29.9 Å². The lowest BCUT2D eigenvalue weighted by molar-refractivity contribution is -0.122. The number of hydrogen-bond donors (Lipinski definition) is 1. The number of methoxy groups -OCH3 is 1. The van der Waals surface area contributed by atoms with Crippen LogP contribution in [0.1, 0.15) is 12.5 Å². The molecule has 0 fully saturated rings. The first-order chi connectivity index (χ1) is 12.8. The number of halogens is 1. The Kier molecular flexibility index (Phi) is 7.97. The fourth-order valence-corrected chi connectivity index (χ4v) is 4.20. The standard InChI is InChI=1S/C19H23BrN2O4S/c1-15(14-26-2)21-19(23)13-22(12-16-8-10-17(20)11-9-16)27(24,25)18-6-4-3-5-7-18/h3-11,15H,12-14H2,1-2H3,(H,21,23)/t15-/m1/s1. The molecule has 2 rings (SSSR count). The predicted molar refractivity (Wildman–Crippen MR) is 108 cm³/mol. The summed E-state index contributed by atoms with van der Waals surface area (Å²) in [6, 6.07) is 15.2. The topological polar surface area (TPSA) is 75.7 Å². The fraction of sp³-hybridized carbons (Fsp3) is 0.316. The molecule has 27 heavy (non-hydrogen) atoms.